The van der Waals surface area contributed by atoms with Crippen LogP contribution in [0.25, 0.3) is 0 Å². The third-order valence-electron chi connectivity index (χ3n) is 0.646. The van der Waals surface area contributed by atoms with Gasteiger partial charge in [0.2, 0.25) is 0 Å². The molecule has 0 N–H and O–H groups in total. The van der Waals surface area contributed by atoms with Crippen LogP contribution in [0.15, 0.2) is 13.5 Å². The first-order chi connectivity index (χ1) is 5.12. The molecule has 1 aliphatic heterocycles. The minimum absolute atomic E-state index is 2.20. The van der Waals surface area contributed by atoms with Gasteiger partial charge in [-0.25, -0.2) is 0 Å². The standard InChI is InChI=1S/Cl2F4N3P3/c1-10(3)7-11(2,4)9-12(5,6)8-10. The molecule has 0 saturated carbocycles. The third kappa shape index (κ3) is 3.04. The van der Waals surface area contributed by atoms with Gasteiger partial charge < -0.3 is 0 Å². The predicted octanol–water partition coefficient (Wildman–Crippen LogP) is 6.19. The molecule has 0 bridgehead atoms. The zero-order valence-corrected chi connectivity index (χ0v) is 9.15. The van der Waals surface area contributed by atoms with Gasteiger partial charge in [0.15, 0.2) is 0 Å². The van der Waals surface area contributed by atoms with Gasteiger partial charge in [0.25, 0.3) is 0 Å². The second-order valence-corrected chi connectivity index (χ2v) is 9.10. The number of halogens is 6. The van der Waals surface area contributed by atoms with E-state index in [0.29, 0.717) is 0 Å². The van der Waals surface area contributed by atoms with E-state index < -0.39 is 21.6 Å². The molecule has 72 valence electrons. The van der Waals surface area contributed by atoms with E-state index in [1.165, 1.54) is 0 Å². The maximum Gasteiger partial charge on any atom is 0.423 e. The summed E-state index contributed by atoms with van der Waals surface area (Å²) >= 11 is 9.49. The predicted molar refractivity (Wildman–Crippen MR) is 44.2 cm³/mol. The van der Waals surface area contributed by atoms with Crippen LogP contribution in [0.1, 0.15) is 0 Å². The summed E-state index contributed by atoms with van der Waals surface area (Å²) in [4.78, 5) is 0. The molecule has 0 aromatic carbocycles. The van der Waals surface area contributed by atoms with E-state index in [0.717, 1.165) is 0 Å². The molecule has 0 aromatic heterocycles. The van der Waals surface area contributed by atoms with Gasteiger partial charge in [0.1, 0.15) is 0 Å². The summed E-state index contributed by atoms with van der Waals surface area (Å²) in [6.07, 6.45) is 0. The summed E-state index contributed by atoms with van der Waals surface area (Å²) in [7, 11) is -5.34. The minimum Gasteiger partial charge on any atom is -0.165 e. The van der Waals surface area contributed by atoms with Crippen molar-refractivity contribution in [3.05, 3.63) is 0 Å². The van der Waals surface area contributed by atoms with Gasteiger partial charge in [0.05, 0.1) is 0 Å². The smallest absolute Gasteiger partial charge is 0.165 e. The van der Waals surface area contributed by atoms with Crippen molar-refractivity contribution < 1.29 is 16.8 Å². The highest BCUT2D eigenvalue weighted by molar-refractivity contribution is 8.00. The fourth-order valence-corrected chi connectivity index (χ4v) is 8.33. The number of hydrogen-bond donors (Lipinski definition) is 0. The number of hydrogen-bond acceptors (Lipinski definition) is 3. The Morgan fingerprint density at radius 2 is 1.17 bits per heavy atom. The number of nitrogens with zero attached hydrogens (tertiary/aromatic N) is 3. The van der Waals surface area contributed by atoms with E-state index in [-0.39, 0.29) is 0 Å². The average Bonchev–Trinajstić information content (AvgIpc) is 1.44. The Morgan fingerprint density at radius 3 is 1.50 bits per heavy atom. The summed E-state index contributed by atoms with van der Waals surface area (Å²) in [6, 6.07) is 0. The summed E-state index contributed by atoms with van der Waals surface area (Å²) in [5, 5.41) is 0. The van der Waals surface area contributed by atoms with Crippen molar-refractivity contribution in [1.82, 2.24) is 0 Å². The second-order valence-electron chi connectivity index (χ2n) is 1.64. The van der Waals surface area contributed by atoms with E-state index in [4.69, 9.17) is 22.5 Å². The maximum atomic E-state index is 12.6. The van der Waals surface area contributed by atoms with Crippen LogP contribution in [-0.4, -0.2) is 0 Å². The molecule has 1 aliphatic rings. The second kappa shape index (κ2) is 2.99. The Bertz CT molecular complexity index is 280. The van der Waals surface area contributed by atoms with E-state index in [9.17, 15) is 16.8 Å². The molecule has 12 heavy (non-hydrogen) atoms. The maximum absolute atomic E-state index is 12.6. The van der Waals surface area contributed by atoms with Gasteiger partial charge in [-0.15, -0.1) is 17.4 Å². The van der Waals surface area contributed by atoms with Gasteiger partial charge in [0, 0.05) is 0 Å². The van der Waals surface area contributed by atoms with Gasteiger partial charge in [-0.05, 0) is 22.5 Å². The molecule has 3 nitrogen and oxygen atoms in total. The largest absolute Gasteiger partial charge is 0.423 e. The Kier molecular flexibility index (Phi) is 2.76. The van der Waals surface area contributed by atoms with Crippen LogP contribution in [0, 0.1) is 0 Å². The molecule has 0 aromatic rings. The first-order valence-corrected chi connectivity index (χ1v) is 8.67. The Labute approximate surface area is 74.8 Å². The molecule has 0 fully saturated rings. The van der Waals surface area contributed by atoms with Crippen molar-refractivity contribution >= 4 is 44.0 Å². The van der Waals surface area contributed by atoms with Crippen molar-refractivity contribution in [2.24, 2.45) is 13.5 Å². The van der Waals surface area contributed by atoms with Crippen LogP contribution in [0.4, 0.5) is 16.8 Å². The normalized spacial score (nSPS) is 45.5. The Hall–Kier alpha value is 0.990. The molecule has 2 unspecified atom stereocenters. The van der Waals surface area contributed by atoms with E-state index in [2.05, 4.69) is 13.5 Å². The van der Waals surface area contributed by atoms with Gasteiger partial charge in [-0.2, -0.15) is 12.9 Å². The molecular formula is Cl2F4N3P3. The van der Waals surface area contributed by atoms with Crippen LogP contribution in [-0.2, 0) is 0 Å². The van der Waals surface area contributed by atoms with Crippen LogP contribution >= 0.6 is 44.0 Å². The van der Waals surface area contributed by atoms with Crippen molar-refractivity contribution in [1.29, 1.82) is 0 Å². The van der Waals surface area contributed by atoms with E-state index in [1.54, 1.807) is 0 Å². The lowest BCUT2D eigenvalue weighted by molar-refractivity contribution is 0.723. The zero-order valence-electron chi connectivity index (χ0n) is 4.95. The molecule has 2 atom stereocenters. The minimum atomic E-state index is -5.34. The summed E-state index contributed by atoms with van der Waals surface area (Å²) in [6.45, 7) is -9.22. The molecule has 1 rings (SSSR count). The molecule has 0 amide bonds. The van der Waals surface area contributed by atoms with Gasteiger partial charge in [-0.3, -0.25) is 0 Å². The highest BCUT2D eigenvalue weighted by atomic mass is 35.7. The van der Waals surface area contributed by atoms with Gasteiger partial charge in [-0.1, -0.05) is 0 Å². The van der Waals surface area contributed by atoms with Crippen molar-refractivity contribution in [3.8, 4) is 0 Å². The Morgan fingerprint density at radius 1 is 0.750 bits per heavy atom. The molecule has 12 heteroatoms. The lowest BCUT2D eigenvalue weighted by Gasteiger charge is -2.11. The first kappa shape index (κ1) is 11.1. The lowest BCUT2D eigenvalue weighted by atomic mass is 13.8. The van der Waals surface area contributed by atoms with Crippen molar-refractivity contribution in [3.63, 3.8) is 0 Å². The zero-order chi connectivity index (χ0) is 9.62. The lowest BCUT2D eigenvalue weighted by Crippen LogP contribution is -1.65. The van der Waals surface area contributed by atoms with E-state index >= 15 is 0 Å². The van der Waals surface area contributed by atoms with Crippen molar-refractivity contribution in [2.75, 3.05) is 0 Å². The summed E-state index contributed by atoms with van der Waals surface area (Å²) in [5.74, 6) is 0. The Balaban J connectivity index is 3.46. The van der Waals surface area contributed by atoms with Crippen LogP contribution in [0.2, 0.25) is 0 Å². The number of rotatable bonds is 0. The summed E-state index contributed by atoms with van der Waals surface area (Å²) in [5.41, 5.74) is 0. The van der Waals surface area contributed by atoms with Crippen LogP contribution in [0.5, 0.6) is 0 Å². The van der Waals surface area contributed by atoms with Crippen LogP contribution in [0.3, 0.4) is 0 Å². The fraction of sp³-hybridized carbons (Fsp3) is 0. The molecule has 0 radical (unpaired) electrons. The fourth-order valence-electron chi connectivity index (χ4n) is 0.442. The summed E-state index contributed by atoms with van der Waals surface area (Å²) < 4.78 is 56.7. The highest BCUT2D eigenvalue weighted by Crippen LogP contribution is 2.84. The van der Waals surface area contributed by atoms with Crippen molar-refractivity contribution in [2.45, 2.75) is 0 Å². The highest BCUT2D eigenvalue weighted by Gasteiger charge is 2.36. The average molecular weight is 282 g/mol. The molecular weight excluding hydrogens is 282 g/mol. The first-order valence-electron chi connectivity index (χ1n) is 2.21. The van der Waals surface area contributed by atoms with Crippen LogP contribution < -0.4 is 0 Å². The quantitative estimate of drug-likeness (QED) is 0.375. The molecule has 1 heterocycles. The molecule has 0 aliphatic carbocycles. The molecule has 0 spiro atoms. The topological polar surface area (TPSA) is 37.1 Å². The third-order valence-corrected chi connectivity index (χ3v) is 8.25. The SMILES string of the molecule is FP1(F)=NP(F)(Cl)=NP(F)(Cl)=N1. The molecule has 0 saturated heterocycles. The van der Waals surface area contributed by atoms with Gasteiger partial charge >= 0.3 is 21.6 Å². The monoisotopic (exact) mass is 281 g/mol. The van der Waals surface area contributed by atoms with E-state index in [1.807, 2.05) is 0 Å².